The molecule has 0 unspecified atom stereocenters. The molecule has 4 rings (SSSR count). The number of aromatic hydroxyl groups is 2. The summed E-state index contributed by atoms with van der Waals surface area (Å²) in [4.78, 5) is 31.9. The monoisotopic (exact) mass is 471 g/mol. The maximum atomic E-state index is 11.9. The van der Waals surface area contributed by atoms with E-state index in [2.05, 4.69) is 9.97 Å². The Morgan fingerprint density at radius 2 is 1.16 bits per heavy atom. The van der Waals surface area contributed by atoms with E-state index in [1.54, 1.807) is 36.9 Å². The van der Waals surface area contributed by atoms with Gasteiger partial charge in [-0.15, -0.1) is 0 Å². The molecular weight excluding hydrogens is 448 g/mol. The SMILES string of the molecule is CCCc1cnc2c(O)cccn2c1=O.CCCc1cnc2c(O)cccn2c1=O.[Cu]. The summed E-state index contributed by atoms with van der Waals surface area (Å²) >= 11 is 0. The molecule has 8 nitrogen and oxygen atoms in total. The molecule has 4 aromatic heterocycles. The Morgan fingerprint density at radius 1 is 0.774 bits per heavy atom. The summed E-state index contributed by atoms with van der Waals surface area (Å²) in [5, 5.41) is 19.0. The van der Waals surface area contributed by atoms with Crippen LogP contribution in [0.5, 0.6) is 11.5 Å². The second kappa shape index (κ2) is 10.7. The van der Waals surface area contributed by atoms with Crippen molar-refractivity contribution in [2.45, 2.75) is 39.5 Å². The van der Waals surface area contributed by atoms with Gasteiger partial charge in [0.2, 0.25) is 0 Å². The minimum Gasteiger partial charge on any atom is -0.504 e. The maximum Gasteiger partial charge on any atom is 0.261 e. The van der Waals surface area contributed by atoms with Gasteiger partial charge in [-0.1, -0.05) is 26.7 Å². The molecule has 0 atom stereocenters. The van der Waals surface area contributed by atoms with Crippen molar-refractivity contribution in [1.82, 2.24) is 18.8 Å². The Bertz CT molecular complexity index is 1200. The van der Waals surface area contributed by atoms with Crippen LogP contribution in [-0.2, 0) is 29.9 Å². The van der Waals surface area contributed by atoms with Crippen molar-refractivity contribution >= 4 is 11.3 Å². The molecule has 9 heteroatoms. The van der Waals surface area contributed by atoms with E-state index in [1.165, 1.54) is 20.9 Å². The number of fused-ring (bicyclic) bond motifs is 2. The summed E-state index contributed by atoms with van der Waals surface area (Å²) in [5.74, 6) is 0.0512. The van der Waals surface area contributed by atoms with Crippen molar-refractivity contribution in [3.63, 3.8) is 0 Å². The Kier molecular flexibility index (Phi) is 8.36. The van der Waals surface area contributed by atoms with Crippen molar-refractivity contribution in [2.75, 3.05) is 0 Å². The van der Waals surface area contributed by atoms with Crippen molar-refractivity contribution in [3.05, 3.63) is 80.9 Å². The van der Waals surface area contributed by atoms with Gasteiger partial charge in [-0.3, -0.25) is 18.4 Å². The number of aromatic nitrogens is 4. The zero-order valence-electron chi connectivity index (χ0n) is 17.2. The maximum absolute atomic E-state index is 11.9. The molecule has 0 amide bonds. The molecule has 31 heavy (non-hydrogen) atoms. The molecule has 167 valence electrons. The summed E-state index contributed by atoms with van der Waals surface area (Å²) < 4.78 is 2.75. The first-order chi connectivity index (χ1) is 14.5. The first-order valence-electron chi connectivity index (χ1n) is 9.84. The molecular formula is C22H24CuN4O4. The topological polar surface area (TPSA) is 109 Å². The minimum atomic E-state index is -0.0993. The summed E-state index contributed by atoms with van der Waals surface area (Å²) in [6.45, 7) is 4.02. The van der Waals surface area contributed by atoms with Gasteiger partial charge >= 0.3 is 0 Å². The second-order valence-corrected chi connectivity index (χ2v) is 6.85. The minimum absolute atomic E-state index is 0. The van der Waals surface area contributed by atoms with Crippen molar-refractivity contribution in [1.29, 1.82) is 0 Å². The first-order valence-corrected chi connectivity index (χ1v) is 9.84. The average molecular weight is 472 g/mol. The van der Waals surface area contributed by atoms with Crippen LogP contribution in [0, 0.1) is 0 Å². The van der Waals surface area contributed by atoms with Gasteiger partial charge < -0.3 is 10.2 Å². The fourth-order valence-corrected chi connectivity index (χ4v) is 3.14. The van der Waals surface area contributed by atoms with Crippen LogP contribution in [0.1, 0.15) is 37.8 Å². The molecule has 4 heterocycles. The summed E-state index contributed by atoms with van der Waals surface area (Å²) in [5.41, 5.74) is 1.78. The molecule has 0 spiro atoms. The molecule has 4 aromatic rings. The average Bonchev–Trinajstić information content (AvgIpc) is 2.74. The van der Waals surface area contributed by atoms with Crippen molar-refractivity contribution in [3.8, 4) is 11.5 Å². The van der Waals surface area contributed by atoms with E-state index in [0.717, 1.165) is 12.8 Å². The molecule has 0 aliphatic carbocycles. The number of hydrogen-bond acceptors (Lipinski definition) is 6. The molecule has 0 aromatic carbocycles. The number of pyridine rings is 2. The van der Waals surface area contributed by atoms with Gasteiger partial charge in [0.15, 0.2) is 22.8 Å². The van der Waals surface area contributed by atoms with E-state index in [1.807, 2.05) is 13.8 Å². The van der Waals surface area contributed by atoms with E-state index in [9.17, 15) is 19.8 Å². The second-order valence-electron chi connectivity index (χ2n) is 6.85. The van der Waals surface area contributed by atoms with Crippen LogP contribution < -0.4 is 11.1 Å². The number of rotatable bonds is 4. The quantitative estimate of drug-likeness (QED) is 0.443. The van der Waals surface area contributed by atoms with Crippen molar-refractivity contribution < 1.29 is 27.3 Å². The van der Waals surface area contributed by atoms with Gasteiger partial charge in [0.05, 0.1) is 0 Å². The Balaban J connectivity index is 0.000000213. The van der Waals surface area contributed by atoms with Crippen LogP contribution in [0.25, 0.3) is 11.3 Å². The fraction of sp³-hybridized carbons (Fsp3) is 0.273. The number of aryl methyl sites for hydroxylation is 2. The van der Waals surface area contributed by atoms with Crippen LogP contribution in [0.3, 0.4) is 0 Å². The van der Waals surface area contributed by atoms with Crippen LogP contribution in [-0.4, -0.2) is 29.0 Å². The first kappa shape index (κ1) is 24.1. The predicted octanol–water partition coefficient (Wildman–Crippen LogP) is 2.70. The molecule has 0 bridgehead atoms. The third-order valence-corrected chi connectivity index (χ3v) is 4.60. The smallest absolute Gasteiger partial charge is 0.261 e. The van der Waals surface area contributed by atoms with Gasteiger partial charge in [0.25, 0.3) is 11.1 Å². The van der Waals surface area contributed by atoms with Gasteiger partial charge in [-0.05, 0) is 37.1 Å². The van der Waals surface area contributed by atoms with Gasteiger partial charge in [0.1, 0.15) is 0 Å². The van der Waals surface area contributed by atoms with Crippen LogP contribution in [0.15, 0.2) is 58.6 Å². The van der Waals surface area contributed by atoms with Crippen LogP contribution >= 0.6 is 0 Å². The Hall–Kier alpha value is -3.16. The standard InChI is InChI=1S/2C11H12N2O2.Cu/c2*1-2-4-8-7-12-10-9(14)5-3-6-13(10)11(8)15;/h2*3,5-7,14H,2,4H2,1H3;. The summed E-state index contributed by atoms with van der Waals surface area (Å²) in [7, 11) is 0. The predicted molar refractivity (Wildman–Crippen MR) is 114 cm³/mol. The Labute approximate surface area is 189 Å². The normalized spacial score (nSPS) is 10.4. The molecule has 0 aliphatic rings. The molecule has 0 aliphatic heterocycles. The number of hydrogen-bond donors (Lipinski definition) is 2. The molecule has 0 saturated heterocycles. The van der Waals surface area contributed by atoms with E-state index >= 15 is 0 Å². The zero-order chi connectivity index (χ0) is 21.7. The molecule has 0 saturated carbocycles. The van der Waals surface area contributed by atoms with Crippen LogP contribution in [0.2, 0.25) is 0 Å². The molecule has 0 fully saturated rings. The van der Waals surface area contributed by atoms with E-state index in [4.69, 9.17) is 0 Å². The van der Waals surface area contributed by atoms with E-state index in [0.29, 0.717) is 35.3 Å². The molecule has 2 N–H and O–H groups in total. The Morgan fingerprint density at radius 3 is 1.52 bits per heavy atom. The van der Waals surface area contributed by atoms with Crippen molar-refractivity contribution in [2.24, 2.45) is 0 Å². The molecule has 1 radical (unpaired) electrons. The van der Waals surface area contributed by atoms with Gasteiger partial charge in [0, 0.05) is 53.0 Å². The third-order valence-electron chi connectivity index (χ3n) is 4.60. The van der Waals surface area contributed by atoms with Gasteiger partial charge in [-0.25, -0.2) is 9.97 Å². The van der Waals surface area contributed by atoms with E-state index in [-0.39, 0.29) is 39.7 Å². The van der Waals surface area contributed by atoms with Gasteiger partial charge in [-0.2, -0.15) is 0 Å². The fourth-order valence-electron chi connectivity index (χ4n) is 3.14. The summed E-state index contributed by atoms with van der Waals surface area (Å²) in [6.07, 6.45) is 9.55. The van der Waals surface area contributed by atoms with Crippen LogP contribution in [0.4, 0.5) is 0 Å². The number of nitrogens with zero attached hydrogens (tertiary/aromatic N) is 4. The van der Waals surface area contributed by atoms with E-state index < -0.39 is 0 Å². The summed E-state index contributed by atoms with van der Waals surface area (Å²) in [6, 6.07) is 6.28. The zero-order valence-corrected chi connectivity index (χ0v) is 18.2. The third kappa shape index (κ3) is 5.13. The largest absolute Gasteiger partial charge is 0.504 e.